The predicted octanol–water partition coefficient (Wildman–Crippen LogP) is 5.14. The lowest BCUT2D eigenvalue weighted by molar-refractivity contribution is 0.593. The molecule has 21 heavy (non-hydrogen) atoms. The molecule has 2 aromatic rings. The Kier molecular flexibility index (Phi) is 4.99. The molecule has 0 aliphatic heterocycles. The summed E-state index contributed by atoms with van der Waals surface area (Å²) >= 11 is 11.6. The molecular weight excluding hydrogens is 368 g/mol. The maximum absolute atomic E-state index is 6.07. The zero-order chi connectivity index (χ0) is 14.8. The standard InChI is InChI=1S/C16H18BrClN2S/c1-2-8-19-15(11-7-6-10(18)9-12(11)17)16-20-13-4-3-5-14(13)21-16/h6-7,9,15,19H,2-5,8H2,1H3. The first-order valence-corrected chi connectivity index (χ1v) is 9.34. The minimum Gasteiger partial charge on any atom is -0.304 e. The van der Waals surface area contributed by atoms with Gasteiger partial charge in [0.15, 0.2) is 0 Å². The number of halogens is 2. The van der Waals surface area contributed by atoms with E-state index in [0.29, 0.717) is 0 Å². The lowest BCUT2D eigenvalue weighted by Crippen LogP contribution is -2.23. The van der Waals surface area contributed by atoms with Crippen molar-refractivity contribution in [2.75, 3.05) is 6.54 Å². The largest absolute Gasteiger partial charge is 0.304 e. The van der Waals surface area contributed by atoms with Crippen molar-refractivity contribution in [3.63, 3.8) is 0 Å². The first-order valence-electron chi connectivity index (χ1n) is 7.36. The molecule has 5 heteroatoms. The highest BCUT2D eigenvalue weighted by atomic mass is 79.9. The van der Waals surface area contributed by atoms with Crippen LogP contribution in [0.4, 0.5) is 0 Å². The van der Waals surface area contributed by atoms with E-state index in [9.17, 15) is 0 Å². The van der Waals surface area contributed by atoms with Gasteiger partial charge in [0.1, 0.15) is 5.01 Å². The Hall–Kier alpha value is -0.420. The van der Waals surface area contributed by atoms with E-state index in [1.54, 1.807) is 0 Å². The number of hydrogen-bond acceptors (Lipinski definition) is 3. The summed E-state index contributed by atoms with van der Waals surface area (Å²) in [6.45, 7) is 3.16. The molecule has 1 aromatic heterocycles. The molecule has 0 bridgehead atoms. The average Bonchev–Trinajstić information content (AvgIpc) is 3.02. The van der Waals surface area contributed by atoms with Gasteiger partial charge >= 0.3 is 0 Å². The van der Waals surface area contributed by atoms with E-state index in [1.165, 1.54) is 34.0 Å². The van der Waals surface area contributed by atoms with Crippen LogP contribution < -0.4 is 5.32 Å². The summed E-state index contributed by atoms with van der Waals surface area (Å²) in [5, 5.41) is 5.55. The minimum absolute atomic E-state index is 0.146. The molecule has 0 spiro atoms. The van der Waals surface area contributed by atoms with Crippen LogP contribution in [0, 0.1) is 0 Å². The molecular formula is C16H18BrClN2S. The van der Waals surface area contributed by atoms with E-state index < -0.39 is 0 Å². The molecule has 2 nitrogen and oxygen atoms in total. The van der Waals surface area contributed by atoms with Crippen molar-refractivity contribution in [1.82, 2.24) is 10.3 Å². The van der Waals surface area contributed by atoms with Crippen LogP contribution in [0.1, 0.15) is 46.9 Å². The molecule has 0 amide bonds. The molecule has 1 aliphatic carbocycles. The second-order valence-corrected chi connectivity index (χ2v) is 7.73. The van der Waals surface area contributed by atoms with Gasteiger partial charge in [-0.15, -0.1) is 11.3 Å². The number of nitrogens with zero attached hydrogens (tertiary/aromatic N) is 1. The summed E-state index contributed by atoms with van der Waals surface area (Å²) in [5.74, 6) is 0. The fourth-order valence-corrected chi connectivity index (χ4v) is 4.85. The summed E-state index contributed by atoms with van der Waals surface area (Å²) in [6, 6.07) is 6.14. The Morgan fingerprint density at radius 1 is 1.43 bits per heavy atom. The Labute approximate surface area is 143 Å². The van der Waals surface area contributed by atoms with Crippen molar-refractivity contribution in [1.29, 1.82) is 0 Å². The number of benzene rings is 1. The molecule has 0 fully saturated rings. The highest BCUT2D eigenvalue weighted by Gasteiger charge is 2.24. The molecule has 0 saturated carbocycles. The molecule has 1 atom stereocenters. The van der Waals surface area contributed by atoms with Crippen LogP contribution in [-0.2, 0) is 12.8 Å². The van der Waals surface area contributed by atoms with Gasteiger partial charge < -0.3 is 5.32 Å². The third-order valence-electron chi connectivity index (χ3n) is 3.73. The maximum Gasteiger partial charge on any atom is 0.115 e. The molecule has 1 unspecified atom stereocenters. The fourth-order valence-electron chi connectivity index (χ4n) is 2.69. The van der Waals surface area contributed by atoms with Gasteiger partial charge in [0, 0.05) is 14.4 Å². The molecule has 112 valence electrons. The summed E-state index contributed by atoms with van der Waals surface area (Å²) in [5.41, 5.74) is 2.52. The Bertz CT molecular complexity index is 620. The van der Waals surface area contributed by atoms with E-state index in [-0.39, 0.29) is 6.04 Å². The highest BCUT2D eigenvalue weighted by molar-refractivity contribution is 9.10. The number of nitrogens with one attached hydrogen (secondary N) is 1. The number of aryl methyl sites for hydroxylation is 2. The van der Waals surface area contributed by atoms with E-state index in [1.807, 2.05) is 23.5 Å². The third-order valence-corrected chi connectivity index (χ3v) is 5.88. The fraction of sp³-hybridized carbons (Fsp3) is 0.438. The minimum atomic E-state index is 0.146. The van der Waals surface area contributed by atoms with Gasteiger partial charge in [0.05, 0.1) is 11.7 Å². The van der Waals surface area contributed by atoms with Crippen molar-refractivity contribution < 1.29 is 0 Å². The van der Waals surface area contributed by atoms with E-state index in [4.69, 9.17) is 16.6 Å². The smallest absolute Gasteiger partial charge is 0.115 e. The lowest BCUT2D eigenvalue weighted by Gasteiger charge is -2.18. The molecule has 0 radical (unpaired) electrons. The highest BCUT2D eigenvalue weighted by Crippen LogP contribution is 2.36. The van der Waals surface area contributed by atoms with Gasteiger partial charge in [-0.1, -0.05) is 40.5 Å². The van der Waals surface area contributed by atoms with Gasteiger partial charge in [-0.25, -0.2) is 4.98 Å². The average molecular weight is 386 g/mol. The Balaban J connectivity index is 1.96. The lowest BCUT2D eigenvalue weighted by atomic mass is 10.1. The van der Waals surface area contributed by atoms with E-state index >= 15 is 0 Å². The van der Waals surface area contributed by atoms with E-state index in [2.05, 4.69) is 34.2 Å². The summed E-state index contributed by atoms with van der Waals surface area (Å²) in [7, 11) is 0. The van der Waals surface area contributed by atoms with Crippen molar-refractivity contribution in [3.8, 4) is 0 Å². The van der Waals surface area contributed by atoms with Crippen LogP contribution in [-0.4, -0.2) is 11.5 Å². The number of fused-ring (bicyclic) bond motifs is 1. The summed E-state index contributed by atoms with van der Waals surface area (Å²) < 4.78 is 1.04. The molecule has 3 rings (SSSR count). The molecule has 1 aromatic carbocycles. The van der Waals surface area contributed by atoms with Crippen molar-refractivity contribution >= 4 is 38.9 Å². The second-order valence-electron chi connectivity index (χ2n) is 5.33. The Morgan fingerprint density at radius 3 is 3.00 bits per heavy atom. The van der Waals surface area contributed by atoms with Gasteiger partial charge in [-0.2, -0.15) is 0 Å². The first-order chi connectivity index (χ1) is 10.2. The number of hydrogen-bond donors (Lipinski definition) is 1. The molecule has 1 aliphatic rings. The molecule has 1 N–H and O–H groups in total. The van der Waals surface area contributed by atoms with Crippen LogP contribution in [0.15, 0.2) is 22.7 Å². The zero-order valence-corrected chi connectivity index (χ0v) is 15.1. The van der Waals surface area contributed by atoms with Crippen molar-refractivity contribution in [2.24, 2.45) is 0 Å². The van der Waals surface area contributed by atoms with Crippen LogP contribution in [0.3, 0.4) is 0 Å². The SMILES string of the molecule is CCCNC(c1nc2c(s1)CCC2)c1ccc(Cl)cc1Br. The zero-order valence-electron chi connectivity index (χ0n) is 12.0. The second kappa shape index (κ2) is 6.78. The van der Waals surface area contributed by atoms with Crippen LogP contribution >= 0.6 is 38.9 Å². The van der Waals surface area contributed by atoms with Crippen molar-refractivity contribution in [3.05, 3.63) is 48.8 Å². The molecule has 0 saturated heterocycles. The van der Waals surface area contributed by atoms with Crippen LogP contribution in [0.25, 0.3) is 0 Å². The third kappa shape index (κ3) is 3.34. The topological polar surface area (TPSA) is 24.9 Å². The maximum atomic E-state index is 6.07. The normalized spacial score (nSPS) is 15.2. The quantitative estimate of drug-likeness (QED) is 0.771. The monoisotopic (exact) mass is 384 g/mol. The summed E-state index contributed by atoms with van der Waals surface area (Å²) in [6.07, 6.45) is 4.68. The number of rotatable bonds is 5. The number of aromatic nitrogens is 1. The van der Waals surface area contributed by atoms with Crippen LogP contribution in [0.2, 0.25) is 5.02 Å². The van der Waals surface area contributed by atoms with Gasteiger partial charge in [0.2, 0.25) is 0 Å². The predicted molar refractivity (Wildman–Crippen MR) is 93.4 cm³/mol. The van der Waals surface area contributed by atoms with Crippen molar-refractivity contribution in [2.45, 2.75) is 38.6 Å². The Morgan fingerprint density at radius 2 is 2.29 bits per heavy atom. The first kappa shape index (κ1) is 15.5. The van der Waals surface area contributed by atoms with Gasteiger partial charge in [-0.3, -0.25) is 0 Å². The molecule has 1 heterocycles. The van der Waals surface area contributed by atoms with Crippen LogP contribution in [0.5, 0.6) is 0 Å². The van der Waals surface area contributed by atoms with Gasteiger partial charge in [-0.05, 0) is 49.9 Å². The summed E-state index contributed by atoms with van der Waals surface area (Å²) in [4.78, 5) is 6.36. The number of thiazole rings is 1. The van der Waals surface area contributed by atoms with Gasteiger partial charge in [0.25, 0.3) is 0 Å². The van der Waals surface area contributed by atoms with E-state index in [0.717, 1.165) is 28.9 Å².